The Bertz CT molecular complexity index is 843. The van der Waals surface area contributed by atoms with Gasteiger partial charge in [-0.1, -0.05) is 24.3 Å². The predicted molar refractivity (Wildman–Crippen MR) is 86.4 cm³/mol. The first-order valence-electron chi connectivity index (χ1n) is 7.35. The molecule has 23 heavy (non-hydrogen) atoms. The molecule has 1 amide bonds. The molecule has 3 aromatic rings. The first-order chi connectivity index (χ1) is 11.1. The summed E-state index contributed by atoms with van der Waals surface area (Å²) in [6.07, 6.45) is 2.60. The summed E-state index contributed by atoms with van der Waals surface area (Å²) in [5.41, 5.74) is 7.67. The molecule has 1 heterocycles. The molecule has 0 atom stereocenters. The fourth-order valence-corrected chi connectivity index (χ4v) is 2.50. The highest BCUT2D eigenvalue weighted by molar-refractivity contribution is 5.93. The third-order valence-corrected chi connectivity index (χ3v) is 3.76. The van der Waals surface area contributed by atoms with Crippen LogP contribution < -0.4 is 11.1 Å². The van der Waals surface area contributed by atoms with Crippen LogP contribution in [0.2, 0.25) is 0 Å². The van der Waals surface area contributed by atoms with Crippen molar-refractivity contribution in [2.45, 2.75) is 13.0 Å². The van der Waals surface area contributed by atoms with Gasteiger partial charge in [0.2, 0.25) is 0 Å². The maximum Gasteiger partial charge on any atom is 0.251 e. The average Bonchev–Trinajstić information content (AvgIpc) is 3.00. The number of hydrogen-bond donors (Lipinski definition) is 3. The lowest BCUT2D eigenvalue weighted by Crippen LogP contribution is -2.19. The number of nitrogens with zero attached hydrogens (tertiary/aromatic N) is 1. The van der Waals surface area contributed by atoms with Crippen LogP contribution in [0.3, 0.4) is 0 Å². The van der Waals surface area contributed by atoms with E-state index in [2.05, 4.69) is 21.6 Å². The lowest BCUT2D eigenvalue weighted by Gasteiger charge is -2.08. The smallest absolute Gasteiger partial charge is 0.251 e. The maximum atomic E-state index is 14.1. The van der Waals surface area contributed by atoms with E-state index < -0.39 is 11.7 Å². The van der Waals surface area contributed by atoms with Crippen LogP contribution in [0.4, 0.5) is 4.39 Å². The Kier molecular flexibility index (Phi) is 4.34. The van der Waals surface area contributed by atoms with Gasteiger partial charge in [-0.2, -0.15) is 5.10 Å². The van der Waals surface area contributed by atoms with Crippen LogP contribution in [0.25, 0.3) is 10.9 Å². The minimum atomic E-state index is -0.753. The maximum absolute atomic E-state index is 14.1. The molecule has 4 N–H and O–H groups in total. The number of hydrogen-bond acceptors (Lipinski definition) is 3. The molecular weight excluding hydrogens is 295 g/mol. The quantitative estimate of drug-likeness (QED) is 0.610. The molecule has 0 fully saturated rings. The van der Waals surface area contributed by atoms with Crippen LogP contribution in [0.5, 0.6) is 0 Å². The second-order valence-corrected chi connectivity index (χ2v) is 5.36. The number of aromatic nitrogens is 2. The molecule has 0 aliphatic rings. The van der Waals surface area contributed by atoms with Gasteiger partial charge in [0.25, 0.3) is 5.91 Å². The zero-order chi connectivity index (χ0) is 16.2. The number of rotatable bonds is 6. The van der Waals surface area contributed by atoms with Crippen molar-refractivity contribution < 1.29 is 9.18 Å². The Morgan fingerprint density at radius 3 is 3.00 bits per heavy atom. The summed E-state index contributed by atoms with van der Waals surface area (Å²) in [4.78, 5) is 11.1. The van der Waals surface area contributed by atoms with Gasteiger partial charge in [0.05, 0.1) is 17.3 Å². The first-order valence-corrected chi connectivity index (χ1v) is 7.35. The van der Waals surface area contributed by atoms with Gasteiger partial charge in [-0.25, -0.2) is 4.39 Å². The molecule has 0 bridgehead atoms. The molecular formula is C17H17FN4O. The number of benzene rings is 2. The highest BCUT2D eigenvalue weighted by atomic mass is 19.1. The zero-order valence-corrected chi connectivity index (χ0v) is 12.5. The van der Waals surface area contributed by atoms with Gasteiger partial charge >= 0.3 is 0 Å². The zero-order valence-electron chi connectivity index (χ0n) is 12.5. The second-order valence-electron chi connectivity index (χ2n) is 5.36. The summed E-state index contributed by atoms with van der Waals surface area (Å²) in [5.74, 6) is -1.30. The number of H-pyrrole nitrogens is 1. The van der Waals surface area contributed by atoms with Crippen LogP contribution in [0.15, 0.2) is 42.6 Å². The van der Waals surface area contributed by atoms with E-state index in [9.17, 15) is 9.18 Å². The fourth-order valence-electron chi connectivity index (χ4n) is 2.50. The number of primary amides is 1. The average molecular weight is 312 g/mol. The summed E-state index contributed by atoms with van der Waals surface area (Å²) in [5, 5.41) is 11.2. The van der Waals surface area contributed by atoms with Crippen LogP contribution in [0, 0.1) is 5.82 Å². The van der Waals surface area contributed by atoms with Crippen molar-refractivity contribution in [1.29, 1.82) is 0 Å². The van der Waals surface area contributed by atoms with E-state index in [1.807, 2.05) is 12.1 Å². The summed E-state index contributed by atoms with van der Waals surface area (Å²) in [6.45, 7) is 1.04. The van der Waals surface area contributed by atoms with Crippen molar-refractivity contribution >= 4 is 16.8 Å². The number of amides is 1. The van der Waals surface area contributed by atoms with E-state index in [-0.39, 0.29) is 5.56 Å². The van der Waals surface area contributed by atoms with Crippen LogP contribution in [-0.2, 0) is 13.0 Å². The van der Waals surface area contributed by atoms with E-state index in [0.29, 0.717) is 18.7 Å². The Morgan fingerprint density at radius 2 is 2.17 bits per heavy atom. The third-order valence-electron chi connectivity index (χ3n) is 3.76. The Morgan fingerprint density at radius 1 is 1.30 bits per heavy atom. The molecule has 1 aromatic heterocycles. The van der Waals surface area contributed by atoms with Gasteiger partial charge in [0.1, 0.15) is 5.82 Å². The Hall–Kier alpha value is -2.73. The summed E-state index contributed by atoms with van der Waals surface area (Å²) in [7, 11) is 0. The molecule has 2 aromatic carbocycles. The standard InChI is InChI=1S/C17H17FN4O/c18-16-13(2-1-3-14(16)17(19)23)9-20-7-6-11-4-5-12-10-21-22-15(12)8-11/h1-5,8,10,20H,6-7,9H2,(H2,19,23)(H,21,22). The van der Waals surface area contributed by atoms with Gasteiger partial charge < -0.3 is 11.1 Å². The molecule has 0 aliphatic heterocycles. The predicted octanol–water partition coefficient (Wildman–Crippen LogP) is 2.13. The first kappa shape index (κ1) is 15.2. The lowest BCUT2D eigenvalue weighted by atomic mass is 10.1. The number of aromatic amines is 1. The number of fused-ring (bicyclic) bond motifs is 1. The van der Waals surface area contributed by atoms with Crippen LogP contribution >= 0.6 is 0 Å². The lowest BCUT2D eigenvalue weighted by molar-refractivity contribution is 0.0996. The molecule has 0 radical (unpaired) electrons. The van der Waals surface area contributed by atoms with E-state index in [1.54, 1.807) is 18.3 Å². The molecule has 6 heteroatoms. The van der Waals surface area contributed by atoms with Gasteiger partial charge in [-0.15, -0.1) is 0 Å². The highest BCUT2D eigenvalue weighted by Crippen LogP contribution is 2.14. The molecule has 0 spiro atoms. The van der Waals surface area contributed by atoms with Gasteiger partial charge in [0, 0.05) is 17.5 Å². The van der Waals surface area contributed by atoms with Gasteiger partial charge in [-0.05, 0) is 30.7 Å². The highest BCUT2D eigenvalue weighted by Gasteiger charge is 2.11. The van der Waals surface area contributed by atoms with E-state index >= 15 is 0 Å². The van der Waals surface area contributed by atoms with Crippen LogP contribution in [0.1, 0.15) is 21.5 Å². The second kappa shape index (κ2) is 6.58. The number of nitrogens with two attached hydrogens (primary N) is 1. The summed E-state index contributed by atoms with van der Waals surface area (Å²) < 4.78 is 14.1. The van der Waals surface area contributed by atoms with Crippen molar-refractivity contribution in [3.05, 3.63) is 65.1 Å². The molecule has 118 valence electrons. The van der Waals surface area contributed by atoms with Gasteiger partial charge in [-0.3, -0.25) is 9.89 Å². The summed E-state index contributed by atoms with van der Waals surface area (Å²) >= 11 is 0. The number of carbonyl (C=O) groups excluding carboxylic acids is 1. The van der Waals surface area contributed by atoms with Gasteiger partial charge in [0.15, 0.2) is 0 Å². The minimum Gasteiger partial charge on any atom is -0.366 e. The molecule has 0 aliphatic carbocycles. The third kappa shape index (κ3) is 3.37. The van der Waals surface area contributed by atoms with E-state index in [0.717, 1.165) is 17.3 Å². The Balaban J connectivity index is 1.57. The van der Waals surface area contributed by atoms with Crippen molar-refractivity contribution in [3.63, 3.8) is 0 Å². The minimum absolute atomic E-state index is 0.0750. The SMILES string of the molecule is NC(=O)c1cccc(CNCCc2ccc3cn[nH]c3c2)c1F. The fraction of sp³-hybridized carbons (Fsp3) is 0.176. The molecule has 3 rings (SSSR count). The van der Waals surface area contributed by atoms with Crippen molar-refractivity contribution in [1.82, 2.24) is 15.5 Å². The number of nitrogens with one attached hydrogen (secondary N) is 2. The topological polar surface area (TPSA) is 83.8 Å². The number of carbonyl (C=O) groups is 1. The molecule has 0 saturated carbocycles. The van der Waals surface area contributed by atoms with Crippen molar-refractivity contribution in [3.8, 4) is 0 Å². The van der Waals surface area contributed by atoms with E-state index in [1.165, 1.54) is 11.6 Å². The summed E-state index contributed by atoms with van der Waals surface area (Å²) in [6, 6.07) is 10.8. The Labute approximate surface area is 132 Å². The van der Waals surface area contributed by atoms with Crippen molar-refractivity contribution in [2.75, 3.05) is 6.54 Å². The largest absolute Gasteiger partial charge is 0.366 e. The van der Waals surface area contributed by atoms with Crippen molar-refractivity contribution in [2.24, 2.45) is 5.73 Å². The monoisotopic (exact) mass is 312 g/mol. The molecule has 0 unspecified atom stereocenters. The molecule has 0 saturated heterocycles. The van der Waals surface area contributed by atoms with E-state index in [4.69, 9.17) is 5.73 Å². The normalized spacial score (nSPS) is 11.0. The molecule has 5 nitrogen and oxygen atoms in total. The number of halogens is 1. The van der Waals surface area contributed by atoms with Crippen LogP contribution in [-0.4, -0.2) is 22.6 Å².